The summed E-state index contributed by atoms with van der Waals surface area (Å²) in [5.74, 6) is -0.0799. The van der Waals surface area contributed by atoms with Crippen LogP contribution >= 0.6 is 11.5 Å². The molecular formula is C10H16N4O2S. The van der Waals surface area contributed by atoms with Crippen molar-refractivity contribution in [3.05, 3.63) is 11.1 Å². The highest BCUT2D eigenvalue weighted by molar-refractivity contribution is 7.03. The number of ether oxygens (including phenoxy) is 1. The second-order valence-electron chi connectivity index (χ2n) is 4.06. The van der Waals surface area contributed by atoms with E-state index in [4.69, 9.17) is 10.5 Å². The first-order chi connectivity index (χ1) is 8.26. The van der Waals surface area contributed by atoms with Crippen molar-refractivity contribution < 1.29 is 9.53 Å². The second kappa shape index (κ2) is 5.52. The van der Waals surface area contributed by atoms with Crippen LogP contribution in [0, 0.1) is 0 Å². The molecule has 1 fully saturated rings. The molecule has 2 heterocycles. The van der Waals surface area contributed by atoms with Crippen molar-refractivity contribution in [1.29, 1.82) is 0 Å². The van der Waals surface area contributed by atoms with E-state index >= 15 is 0 Å². The van der Waals surface area contributed by atoms with Crippen molar-refractivity contribution in [3.63, 3.8) is 0 Å². The third-order valence-corrected chi connectivity index (χ3v) is 3.62. The predicted molar refractivity (Wildman–Crippen MR) is 63.8 cm³/mol. The SMILES string of the molecule is COC1CCN(C(=O)c2csnn2)C(CN)C1. The fourth-order valence-corrected chi connectivity index (χ4v) is 2.55. The summed E-state index contributed by atoms with van der Waals surface area (Å²) < 4.78 is 9.03. The van der Waals surface area contributed by atoms with Crippen LogP contribution < -0.4 is 5.73 Å². The summed E-state index contributed by atoms with van der Waals surface area (Å²) in [5.41, 5.74) is 6.13. The van der Waals surface area contributed by atoms with Crippen LogP contribution in [0.15, 0.2) is 5.38 Å². The number of aromatic nitrogens is 2. The predicted octanol–water partition coefficient (Wildman–Crippen LogP) is 0.116. The summed E-state index contributed by atoms with van der Waals surface area (Å²) >= 11 is 1.18. The third-order valence-electron chi connectivity index (χ3n) is 3.11. The molecule has 1 saturated heterocycles. The van der Waals surface area contributed by atoms with Gasteiger partial charge < -0.3 is 15.4 Å². The maximum atomic E-state index is 12.2. The molecular weight excluding hydrogens is 240 g/mol. The first-order valence-electron chi connectivity index (χ1n) is 5.57. The Morgan fingerprint density at radius 2 is 2.59 bits per heavy atom. The summed E-state index contributed by atoms with van der Waals surface area (Å²) in [6.07, 6.45) is 1.83. The molecule has 17 heavy (non-hydrogen) atoms. The molecule has 2 unspecified atom stereocenters. The number of amides is 1. The van der Waals surface area contributed by atoms with E-state index in [0.29, 0.717) is 18.8 Å². The van der Waals surface area contributed by atoms with Crippen LogP contribution in [-0.2, 0) is 4.74 Å². The zero-order chi connectivity index (χ0) is 12.3. The summed E-state index contributed by atoms with van der Waals surface area (Å²) in [6.45, 7) is 1.11. The Morgan fingerprint density at radius 3 is 3.18 bits per heavy atom. The minimum Gasteiger partial charge on any atom is -0.381 e. The fourth-order valence-electron chi connectivity index (χ4n) is 2.12. The summed E-state index contributed by atoms with van der Waals surface area (Å²) in [7, 11) is 1.69. The van der Waals surface area contributed by atoms with Gasteiger partial charge in [-0.15, -0.1) is 5.10 Å². The molecule has 1 aromatic heterocycles. The molecule has 0 spiro atoms. The van der Waals surface area contributed by atoms with Gasteiger partial charge in [0.05, 0.1) is 6.10 Å². The van der Waals surface area contributed by atoms with Gasteiger partial charge in [-0.1, -0.05) is 4.49 Å². The summed E-state index contributed by atoms with van der Waals surface area (Å²) in [5, 5.41) is 5.47. The van der Waals surface area contributed by atoms with E-state index < -0.39 is 0 Å². The molecule has 0 bridgehead atoms. The van der Waals surface area contributed by atoms with Gasteiger partial charge in [0.15, 0.2) is 5.69 Å². The largest absolute Gasteiger partial charge is 0.381 e. The van der Waals surface area contributed by atoms with Gasteiger partial charge in [-0.2, -0.15) is 0 Å². The maximum absolute atomic E-state index is 12.2. The number of methoxy groups -OCH3 is 1. The first-order valence-corrected chi connectivity index (χ1v) is 6.40. The van der Waals surface area contributed by atoms with Gasteiger partial charge in [0.2, 0.25) is 0 Å². The molecule has 2 atom stereocenters. The van der Waals surface area contributed by atoms with Gasteiger partial charge in [-0.3, -0.25) is 4.79 Å². The molecule has 1 aromatic rings. The van der Waals surface area contributed by atoms with Gasteiger partial charge in [0.1, 0.15) is 0 Å². The number of piperidine rings is 1. The van der Waals surface area contributed by atoms with Gasteiger partial charge >= 0.3 is 0 Å². The van der Waals surface area contributed by atoms with Crippen LogP contribution in [-0.4, -0.2) is 52.7 Å². The lowest BCUT2D eigenvalue weighted by molar-refractivity contribution is 0.0136. The molecule has 0 radical (unpaired) electrons. The number of nitrogens with two attached hydrogens (primary N) is 1. The Morgan fingerprint density at radius 1 is 1.76 bits per heavy atom. The standard InChI is InChI=1S/C10H16N4O2S/c1-16-8-2-3-14(7(4-8)5-11)10(15)9-6-17-13-12-9/h6-8H,2-5,11H2,1H3. The van der Waals surface area contributed by atoms with Crippen LogP contribution in [0.4, 0.5) is 0 Å². The van der Waals surface area contributed by atoms with Crippen molar-refractivity contribution in [2.45, 2.75) is 25.0 Å². The number of hydrogen-bond acceptors (Lipinski definition) is 6. The molecule has 7 heteroatoms. The van der Waals surface area contributed by atoms with Gasteiger partial charge in [-0.05, 0) is 24.4 Å². The Hall–Kier alpha value is -1.05. The quantitative estimate of drug-likeness (QED) is 0.830. The van der Waals surface area contributed by atoms with E-state index in [0.717, 1.165) is 12.8 Å². The molecule has 2 N–H and O–H groups in total. The second-order valence-corrected chi connectivity index (χ2v) is 4.67. The topological polar surface area (TPSA) is 81.3 Å². The summed E-state index contributed by atoms with van der Waals surface area (Å²) in [4.78, 5) is 13.9. The van der Waals surface area contributed by atoms with Crippen molar-refractivity contribution in [3.8, 4) is 0 Å². The average Bonchev–Trinajstić information content (AvgIpc) is 2.91. The van der Waals surface area contributed by atoms with Gasteiger partial charge in [-0.25, -0.2) is 0 Å². The van der Waals surface area contributed by atoms with Gasteiger partial charge in [0, 0.05) is 31.6 Å². The molecule has 0 aliphatic carbocycles. The van der Waals surface area contributed by atoms with E-state index in [1.807, 2.05) is 0 Å². The van der Waals surface area contributed by atoms with E-state index in [1.165, 1.54) is 11.5 Å². The lowest BCUT2D eigenvalue weighted by Gasteiger charge is -2.38. The van der Waals surface area contributed by atoms with E-state index in [1.54, 1.807) is 17.4 Å². The smallest absolute Gasteiger partial charge is 0.275 e. The van der Waals surface area contributed by atoms with E-state index in [2.05, 4.69) is 9.59 Å². The highest BCUT2D eigenvalue weighted by Gasteiger charge is 2.32. The number of carbonyl (C=O) groups excluding carboxylic acids is 1. The third kappa shape index (κ3) is 2.62. The van der Waals surface area contributed by atoms with E-state index in [-0.39, 0.29) is 18.1 Å². The van der Waals surface area contributed by atoms with Gasteiger partial charge in [0.25, 0.3) is 5.91 Å². The van der Waals surface area contributed by atoms with E-state index in [9.17, 15) is 4.79 Å². The summed E-state index contributed by atoms with van der Waals surface area (Å²) in [6, 6.07) is 0.0305. The molecule has 1 aliphatic heterocycles. The average molecular weight is 256 g/mol. The highest BCUT2D eigenvalue weighted by Crippen LogP contribution is 2.21. The molecule has 1 amide bonds. The fraction of sp³-hybridized carbons (Fsp3) is 0.700. The lowest BCUT2D eigenvalue weighted by Crippen LogP contribution is -2.51. The molecule has 94 valence electrons. The van der Waals surface area contributed by atoms with Crippen molar-refractivity contribution in [1.82, 2.24) is 14.5 Å². The van der Waals surface area contributed by atoms with Crippen molar-refractivity contribution in [2.24, 2.45) is 5.73 Å². The Kier molecular flexibility index (Phi) is 4.03. The zero-order valence-corrected chi connectivity index (χ0v) is 10.5. The minimum atomic E-state index is -0.0799. The Labute approximate surface area is 104 Å². The maximum Gasteiger partial charge on any atom is 0.275 e. The van der Waals surface area contributed by atoms with Crippen molar-refractivity contribution >= 4 is 17.4 Å². The van der Waals surface area contributed by atoms with Crippen LogP contribution in [0.3, 0.4) is 0 Å². The molecule has 0 aromatic carbocycles. The van der Waals surface area contributed by atoms with Crippen LogP contribution in [0.2, 0.25) is 0 Å². The Balaban J connectivity index is 2.07. The zero-order valence-electron chi connectivity index (χ0n) is 9.70. The minimum absolute atomic E-state index is 0.0305. The number of rotatable bonds is 3. The number of carbonyl (C=O) groups is 1. The molecule has 1 aliphatic rings. The highest BCUT2D eigenvalue weighted by atomic mass is 32.1. The molecule has 0 saturated carbocycles. The van der Waals surface area contributed by atoms with Crippen LogP contribution in [0.5, 0.6) is 0 Å². The number of likely N-dealkylation sites (tertiary alicyclic amines) is 1. The Bertz CT molecular complexity index is 370. The number of hydrogen-bond donors (Lipinski definition) is 1. The molecule has 2 rings (SSSR count). The first kappa shape index (κ1) is 12.4. The van der Waals surface area contributed by atoms with Crippen LogP contribution in [0.25, 0.3) is 0 Å². The monoisotopic (exact) mass is 256 g/mol. The normalized spacial score (nSPS) is 24.9. The number of nitrogens with zero attached hydrogens (tertiary/aromatic N) is 3. The molecule has 6 nitrogen and oxygen atoms in total. The van der Waals surface area contributed by atoms with Crippen molar-refractivity contribution in [2.75, 3.05) is 20.2 Å². The lowest BCUT2D eigenvalue weighted by atomic mass is 9.99. The van der Waals surface area contributed by atoms with Crippen LogP contribution in [0.1, 0.15) is 23.3 Å².